The van der Waals surface area contributed by atoms with Gasteiger partial charge in [-0.05, 0) is 31.0 Å². The Morgan fingerprint density at radius 3 is 2.82 bits per heavy atom. The first-order valence-corrected chi connectivity index (χ1v) is 5.52. The van der Waals surface area contributed by atoms with Crippen LogP contribution < -0.4 is 16.4 Å². The van der Waals surface area contributed by atoms with Crippen LogP contribution in [0.15, 0.2) is 18.2 Å². The van der Waals surface area contributed by atoms with Crippen LogP contribution in [-0.4, -0.2) is 17.9 Å². The average molecular weight is 233 g/mol. The third-order valence-corrected chi connectivity index (χ3v) is 2.86. The molecule has 1 aliphatic rings. The molecule has 1 aromatic rings. The van der Waals surface area contributed by atoms with Crippen LogP contribution >= 0.6 is 0 Å². The van der Waals surface area contributed by atoms with Crippen molar-refractivity contribution in [3.05, 3.63) is 23.8 Å². The number of carbonyl (C=O) groups is 2. The standard InChI is InChI=1S/C12H15N3O2/c1-7-2-3-8(6-9(7)13)14-10-4-5-11(16)15-12(10)17/h2-3,6,10,14H,4-5,13H2,1H3,(H,15,16,17). The third-order valence-electron chi connectivity index (χ3n) is 2.86. The van der Waals surface area contributed by atoms with Gasteiger partial charge in [-0.3, -0.25) is 14.9 Å². The van der Waals surface area contributed by atoms with Crippen LogP contribution in [0.3, 0.4) is 0 Å². The Labute approximate surface area is 99.4 Å². The summed E-state index contributed by atoms with van der Waals surface area (Å²) in [6, 6.07) is 5.19. The summed E-state index contributed by atoms with van der Waals surface area (Å²) >= 11 is 0. The van der Waals surface area contributed by atoms with Gasteiger partial charge < -0.3 is 11.1 Å². The smallest absolute Gasteiger partial charge is 0.249 e. The largest absolute Gasteiger partial charge is 0.398 e. The van der Waals surface area contributed by atoms with Crippen LogP contribution in [-0.2, 0) is 9.59 Å². The number of amides is 2. The van der Waals surface area contributed by atoms with Gasteiger partial charge >= 0.3 is 0 Å². The highest BCUT2D eigenvalue weighted by molar-refractivity contribution is 6.01. The van der Waals surface area contributed by atoms with Crippen LogP contribution in [0.2, 0.25) is 0 Å². The Hall–Kier alpha value is -2.04. The summed E-state index contributed by atoms with van der Waals surface area (Å²) < 4.78 is 0. The summed E-state index contributed by atoms with van der Waals surface area (Å²) in [7, 11) is 0. The highest BCUT2D eigenvalue weighted by Gasteiger charge is 2.26. The summed E-state index contributed by atoms with van der Waals surface area (Å²) in [6.45, 7) is 1.92. The van der Waals surface area contributed by atoms with E-state index in [9.17, 15) is 9.59 Å². The number of imide groups is 1. The van der Waals surface area contributed by atoms with Crippen molar-refractivity contribution in [3.8, 4) is 0 Å². The maximum Gasteiger partial charge on any atom is 0.249 e. The zero-order valence-corrected chi connectivity index (χ0v) is 9.62. The number of aryl methyl sites for hydroxylation is 1. The fourth-order valence-electron chi connectivity index (χ4n) is 1.76. The maximum atomic E-state index is 11.5. The van der Waals surface area contributed by atoms with E-state index in [-0.39, 0.29) is 17.9 Å². The van der Waals surface area contributed by atoms with Crippen LogP contribution in [0.25, 0.3) is 0 Å². The normalized spacial score (nSPS) is 19.9. The first-order valence-electron chi connectivity index (χ1n) is 5.52. The molecule has 4 N–H and O–H groups in total. The topological polar surface area (TPSA) is 84.2 Å². The number of benzene rings is 1. The molecule has 2 rings (SSSR count). The van der Waals surface area contributed by atoms with E-state index in [0.29, 0.717) is 18.5 Å². The molecule has 2 amide bonds. The average Bonchev–Trinajstić information content (AvgIpc) is 2.27. The minimum absolute atomic E-state index is 0.212. The van der Waals surface area contributed by atoms with Crippen molar-refractivity contribution in [3.63, 3.8) is 0 Å². The lowest BCUT2D eigenvalue weighted by Crippen LogP contribution is -2.47. The molecule has 0 spiro atoms. The van der Waals surface area contributed by atoms with Crippen LogP contribution in [0.1, 0.15) is 18.4 Å². The van der Waals surface area contributed by atoms with Crippen molar-refractivity contribution in [2.75, 3.05) is 11.1 Å². The first kappa shape index (κ1) is 11.4. The summed E-state index contributed by atoms with van der Waals surface area (Å²) in [4.78, 5) is 22.5. The second-order valence-corrected chi connectivity index (χ2v) is 4.22. The lowest BCUT2D eigenvalue weighted by atomic mass is 10.1. The summed E-state index contributed by atoms with van der Waals surface area (Å²) in [6.07, 6.45) is 0.878. The molecule has 1 heterocycles. The van der Waals surface area contributed by atoms with Gasteiger partial charge in [-0.15, -0.1) is 0 Å². The van der Waals surface area contributed by atoms with Crippen molar-refractivity contribution in [2.45, 2.75) is 25.8 Å². The molecule has 0 aromatic heterocycles. The molecule has 17 heavy (non-hydrogen) atoms. The van der Waals surface area contributed by atoms with Gasteiger partial charge in [-0.25, -0.2) is 0 Å². The third kappa shape index (κ3) is 2.55. The molecule has 0 saturated carbocycles. The number of rotatable bonds is 2. The van der Waals surface area contributed by atoms with Crippen molar-refractivity contribution in [1.29, 1.82) is 0 Å². The minimum Gasteiger partial charge on any atom is -0.398 e. The predicted molar refractivity (Wildman–Crippen MR) is 65.4 cm³/mol. The second-order valence-electron chi connectivity index (χ2n) is 4.22. The van der Waals surface area contributed by atoms with Crippen LogP contribution in [0.5, 0.6) is 0 Å². The van der Waals surface area contributed by atoms with Gasteiger partial charge in [0.05, 0.1) is 0 Å². The number of anilines is 2. The zero-order valence-electron chi connectivity index (χ0n) is 9.62. The van der Waals surface area contributed by atoms with Crippen LogP contribution in [0.4, 0.5) is 11.4 Å². The summed E-state index contributed by atoms with van der Waals surface area (Å²) in [5.41, 5.74) is 8.26. The molecule has 1 saturated heterocycles. The zero-order chi connectivity index (χ0) is 12.4. The van der Waals surface area contributed by atoms with E-state index in [4.69, 9.17) is 5.73 Å². The van der Waals surface area contributed by atoms with E-state index in [0.717, 1.165) is 11.3 Å². The lowest BCUT2D eigenvalue weighted by molar-refractivity contribution is -0.133. The van der Waals surface area contributed by atoms with Crippen molar-refractivity contribution >= 4 is 23.2 Å². The predicted octanol–water partition coefficient (Wildman–Crippen LogP) is 0.794. The molecule has 0 bridgehead atoms. The molecule has 1 unspecified atom stereocenters. The highest BCUT2D eigenvalue weighted by atomic mass is 16.2. The lowest BCUT2D eigenvalue weighted by Gasteiger charge is -2.23. The maximum absolute atomic E-state index is 11.5. The molecule has 1 aromatic carbocycles. The molecule has 1 fully saturated rings. The van der Waals surface area contributed by atoms with Gasteiger partial charge in [0.15, 0.2) is 0 Å². The van der Waals surface area contributed by atoms with Gasteiger partial charge in [0.25, 0.3) is 0 Å². The van der Waals surface area contributed by atoms with Crippen molar-refractivity contribution in [2.24, 2.45) is 0 Å². The summed E-state index contributed by atoms with van der Waals surface area (Å²) in [5, 5.41) is 5.38. The molecule has 5 nitrogen and oxygen atoms in total. The SMILES string of the molecule is Cc1ccc(NC2CCC(=O)NC2=O)cc1N. The fraction of sp³-hybridized carbons (Fsp3) is 0.333. The van der Waals surface area contributed by atoms with Gasteiger partial charge in [0.2, 0.25) is 11.8 Å². The van der Waals surface area contributed by atoms with E-state index in [1.165, 1.54) is 0 Å². The number of nitrogens with one attached hydrogen (secondary N) is 2. The molecule has 0 aliphatic carbocycles. The monoisotopic (exact) mass is 233 g/mol. The minimum atomic E-state index is -0.366. The van der Waals surface area contributed by atoms with Gasteiger partial charge in [-0.1, -0.05) is 6.07 Å². The van der Waals surface area contributed by atoms with Crippen LogP contribution in [0, 0.1) is 6.92 Å². The van der Waals surface area contributed by atoms with E-state index in [1.807, 2.05) is 19.1 Å². The molecule has 90 valence electrons. The molecule has 1 aliphatic heterocycles. The second kappa shape index (κ2) is 4.45. The Bertz CT molecular complexity index is 471. The number of hydrogen-bond acceptors (Lipinski definition) is 4. The molecule has 5 heteroatoms. The van der Waals surface area contributed by atoms with Gasteiger partial charge in [0.1, 0.15) is 6.04 Å². The molecular weight excluding hydrogens is 218 g/mol. The molecular formula is C12H15N3O2. The fourth-order valence-corrected chi connectivity index (χ4v) is 1.76. The highest BCUT2D eigenvalue weighted by Crippen LogP contribution is 2.19. The summed E-state index contributed by atoms with van der Waals surface area (Å²) in [5.74, 6) is -0.489. The van der Waals surface area contributed by atoms with Gasteiger partial charge in [-0.2, -0.15) is 0 Å². The number of piperidine rings is 1. The Morgan fingerprint density at radius 1 is 1.41 bits per heavy atom. The van der Waals surface area contributed by atoms with Crippen molar-refractivity contribution < 1.29 is 9.59 Å². The number of hydrogen-bond donors (Lipinski definition) is 3. The Kier molecular flexibility index (Phi) is 2.99. The van der Waals surface area contributed by atoms with E-state index in [1.54, 1.807) is 6.07 Å². The van der Waals surface area contributed by atoms with E-state index < -0.39 is 0 Å². The number of carbonyl (C=O) groups excluding carboxylic acids is 2. The van der Waals surface area contributed by atoms with E-state index in [2.05, 4.69) is 10.6 Å². The first-order chi connectivity index (χ1) is 8.06. The van der Waals surface area contributed by atoms with E-state index >= 15 is 0 Å². The molecule has 1 atom stereocenters. The van der Waals surface area contributed by atoms with Gasteiger partial charge in [0, 0.05) is 17.8 Å². The number of nitrogen functional groups attached to an aromatic ring is 1. The quantitative estimate of drug-likeness (QED) is 0.521. The Balaban J connectivity index is 2.08. The van der Waals surface area contributed by atoms with Crippen molar-refractivity contribution in [1.82, 2.24) is 5.32 Å². The number of nitrogens with two attached hydrogens (primary N) is 1. The Morgan fingerprint density at radius 2 is 2.18 bits per heavy atom. The molecule has 0 radical (unpaired) electrons.